The number of anilines is 1. The lowest BCUT2D eigenvalue weighted by Gasteiger charge is -2.23. The van der Waals surface area contributed by atoms with E-state index in [2.05, 4.69) is 10.3 Å². The Labute approximate surface area is 162 Å². The van der Waals surface area contributed by atoms with Crippen molar-refractivity contribution in [1.29, 1.82) is 0 Å². The molecule has 1 saturated heterocycles. The van der Waals surface area contributed by atoms with Crippen LogP contribution in [0.25, 0.3) is 0 Å². The summed E-state index contributed by atoms with van der Waals surface area (Å²) in [4.78, 5) is 16.8. The Balaban J connectivity index is 1.72. The first kappa shape index (κ1) is 19.3. The Kier molecular flexibility index (Phi) is 6.36. The minimum absolute atomic E-state index is 0.0180. The minimum Gasteiger partial charge on any atom is -0.497 e. The molecular formula is C19H21ClN2O5. The molecule has 1 aliphatic heterocycles. The lowest BCUT2D eigenvalue weighted by molar-refractivity contribution is 0.0238. The van der Waals surface area contributed by atoms with Crippen molar-refractivity contribution >= 4 is 23.2 Å². The van der Waals surface area contributed by atoms with Crippen LogP contribution in [-0.2, 0) is 4.74 Å². The SMILES string of the molecule is COc1ccc(OC)c(NC(=O)c2cnc(OC3CCOCC3)c(Cl)c2)c1. The van der Waals surface area contributed by atoms with E-state index in [-0.39, 0.29) is 17.0 Å². The molecule has 1 aromatic heterocycles. The zero-order valence-electron chi connectivity index (χ0n) is 15.2. The summed E-state index contributed by atoms with van der Waals surface area (Å²) in [6.07, 6.45) is 3.03. The van der Waals surface area contributed by atoms with Crippen molar-refractivity contribution in [3.05, 3.63) is 41.0 Å². The Morgan fingerprint density at radius 2 is 2.00 bits per heavy atom. The number of pyridine rings is 1. The minimum atomic E-state index is -0.367. The zero-order chi connectivity index (χ0) is 19.2. The molecule has 8 heteroatoms. The molecule has 1 amide bonds. The van der Waals surface area contributed by atoms with Crippen LogP contribution >= 0.6 is 11.6 Å². The van der Waals surface area contributed by atoms with E-state index in [4.69, 9.17) is 30.5 Å². The first-order valence-electron chi connectivity index (χ1n) is 8.54. The fraction of sp³-hybridized carbons (Fsp3) is 0.368. The average molecular weight is 393 g/mol. The van der Waals surface area contributed by atoms with E-state index in [0.717, 1.165) is 12.8 Å². The van der Waals surface area contributed by atoms with Gasteiger partial charge >= 0.3 is 0 Å². The van der Waals surface area contributed by atoms with Crippen LogP contribution in [0.4, 0.5) is 5.69 Å². The number of nitrogens with one attached hydrogen (secondary N) is 1. The van der Waals surface area contributed by atoms with Gasteiger partial charge in [-0.3, -0.25) is 4.79 Å². The molecule has 1 aliphatic rings. The fourth-order valence-electron chi connectivity index (χ4n) is 2.69. The second-order valence-corrected chi connectivity index (χ2v) is 6.37. The van der Waals surface area contributed by atoms with Gasteiger partial charge in [0, 0.05) is 25.1 Å². The molecule has 27 heavy (non-hydrogen) atoms. The summed E-state index contributed by atoms with van der Waals surface area (Å²) in [6.45, 7) is 1.32. The quantitative estimate of drug-likeness (QED) is 0.809. The molecule has 7 nitrogen and oxygen atoms in total. The van der Waals surface area contributed by atoms with E-state index in [0.29, 0.717) is 41.8 Å². The number of rotatable bonds is 6. The van der Waals surface area contributed by atoms with Gasteiger partial charge in [-0.15, -0.1) is 0 Å². The number of nitrogens with zero attached hydrogens (tertiary/aromatic N) is 1. The van der Waals surface area contributed by atoms with Crippen LogP contribution in [0.3, 0.4) is 0 Å². The van der Waals surface area contributed by atoms with Gasteiger partial charge in [-0.05, 0) is 18.2 Å². The number of methoxy groups -OCH3 is 2. The largest absolute Gasteiger partial charge is 0.497 e. The number of ether oxygens (including phenoxy) is 4. The van der Waals surface area contributed by atoms with Crippen LogP contribution in [0.5, 0.6) is 17.4 Å². The van der Waals surface area contributed by atoms with Gasteiger partial charge in [0.1, 0.15) is 22.6 Å². The highest BCUT2D eigenvalue weighted by molar-refractivity contribution is 6.32. The normalized spacial score (nSPS) is 14.5. The molecule has 1 aromatic carbocycles. The molecule has 2 heterocycles. The third-order valence-corrected chi connectivity index (χ3v) is 4.44. The van der Waals surface area contributed by atoms with Crippen LogP contribution < -0.4 is 19.5 Å². The van der Waals surface area contributed by atoms with Crippen LogP contribution in [0.1, 0.15) is 23.2 Å². The van der Waals surface area contributed by atoms with E-state index in [1.54, 1.807) is 25.3 Å². The van der Waals surface area contributed by atoms with Crippen molar-refractivity contribution in [2.45, 2.75) is 18.9 Å². The van der Waals surface area contributed by atoms with Crippen LogP contribution in [0, 0.1) is 0 Å². The summed E-state index contributed by atoms with van der Waals surface area (Å²) in [6, 6.07) is 6.67. The molecule has 0 spiro atoms. The first-order valence-corrected chi connectivity index (χ1v) is 8.92. The highest BCUT2D eigenvalue weighted by atomic mass is 35.5. The molecule has 0 aliphatic carbocycles. The summed E-state index contributed by atoms with van der Waals surface area (Å²) in [7, 11) is 3.08. The number of hydrogen-bond donors (Lipinski definition) is 1. The maximum atomic E-state index is 12.6. The summed E-state index contributed by atoms with van der Waals surface area (Å²) in [5.41, 5.74) is 0.796. The summed E-state index contributed by atoms with van der Waals surface area (Å²) < 4.78 is 21.6. The number of hydrogen-bond acceptors (Lipinski definition) is 6. The van der Waals surface area contributed by atoms with Crippen LogP contribution in [0.2, 0.25) is 5.02 Å². The van der Waals surface area contributed by atoms with Gasteiger partial charge in [-0.25, -0.2) is 4.98 Å². The number of carbonyl (C=O) groups excluding carboxylic acids is 1. The smallest absolute Gasteiger partial charge is 0.257 e. The van der Waals surface area contributed by atoms with Crippen molar-refractivity contribution in [2.75, 3.05) is 32.8 Å². The highest BCUT2D eigenvalue weighted by Crippen LogP contribution is 2.30. The van der Waals surface area contributed by atoms with Crippen molar-refractivity contribution in [3.63, 3.8) is 0 Å². The molecule has 3 rings (SSSR count). The third-order valence-electron chi connectivity index (χ3n) is 4.17. The third kappa shape index (κ3) is 4.81. The van der Waals surface area contributed by atoms with E-state index in [1.165, 1.54) is 19.4 Å². The van der Waals surface area contributed by atoms with Gasteiger partial charge in [-0.1, -0.05) is 11.6 Å². The number of amides is 1. The number of halogens is 1. The second kappa shape index (κ2) is 8.92. The second-order valence-electron chi connectivity index (χ2n) is 5.96. The molecule has 1 fully saturated rings. The lowest BCUT2D eigenvalue weighted by atomic mass is 10.1. The van der Waals surface area contributed by atoms with Gasteiger partial charge in [0.2, 0.25) is 5.88 Å². The van der Waals surface area contributed by atoms with Crippen LogP contribution in [0.15, 0.2) is 30.5 Å². The van der Waals surface area contributed by atoms with Gasteiger partial charge in [-0.2, -0.15) is 0 Å². The van der Waals surface area contributed by atoms with E-state index >= 15 is 0 Å². The summed E-state index contributed by atoms with van der Waals surface area (Å²) in [5.74, 6) is 1.07. The summed E-state index contributed by atoms with van der Waals surface area (Å²) >= 11 is 6.26. The molecule has 2 aromatic rings. The van der Waals surface area contributed by atoms with Gasteiger partial charge in [0.05, 0.1) is 38.7 Å². The van der Waals surface area contributed by atoms with E-state index < -0.39 is 0 Å². The highest BCUT2D eigenvalue weighted by Gasteiger charge is 2.19. The summed E-state index contributed by atoms with van der Waals surface area (Å²) in [5, 5.41) is 3.06. The lowest BCUT2D eigenvalue weighted by Crippen LogP contribution is -2.26. The predicted molar refractivity (Wildman–Crippen MR) is 101 cm³/mol. The molecule has 144 valence electrons. The van der Waals surface area contributed by atoms with Crippen LogP contribution in [-0.4, -0.2) is 44.4 Å². The molecule has 0 unspecified atom stereocenters. The Morgan fingerprint density at radius 1 is 1.22 bits per heavy atom. The molecule has 0 bridgehead atoms. The van der Waals surface area contributed by atoms with Crippen molar-refractivity contribution in [1.82, 2.24) is 4.98 Å². The topological polar surface area (TPSA) is 78.9 Å². The molecule has 0 radical (unpaired) electrons. The maximum Gasteiger partial charge on any atom is 0.257 e. The fourth-order valence-corrected chi connectivity index (χ4v) is 2.91. The van der Waals surface area contributed by atoms with Gasteiger partial charge in [0.15, 0.2) is 0 Å². The molecule has 0 saturated carbocycles. The van der Waals surface area contributed by atoms with Gasteiger partial charge in [0.25, 0.3) is 5.91 Å². The van der Waals surface area contributed by atoms with Crippen molar-refractivity contribution < 1.29 is 23.7 Å². The molecule has 1 N–H and O–H groups in total. The zero-order valence-corrected chi connectivity index (χ0v) is 15.9. The number of carbonyl (C=O) groups is 1. The standard InChI is InChI=1S/C19H21ClN2O5/c1-24-14-3-4-17(25-2)16(10-14)22-18(23)12-9-15(20)19(21-11-12)27-13-5-7-26-8-6-13/h3-4,9-11,13H,5-8H2,1-2H3,(H,22,23). The van der Waals surface area contributed by atoms with Gasteiger partial charge < -0.3 is 24.3 Å². The molecular weight excluding hydrogens is 372 g/mol. The Bertz CT molecular complexity index is 809. The van der Waals surface area contributed by atoms with Crippen molar-refractivity contribution in [2.24, 2.45) is 0 Å². The monoisotopic (exact) mass is 392 g/mol. The van der Waals surface area contributed by atoms with E-state index in [1.807, 2.05) is 0 Å². The average Bonchev–Trinajstić information content (AvgIpc) is 2.70. The maximum absolute atomic E-state index is 12.6. The Morgan fingerprint density at radius 3 is 2.67 bits per heavy atom. The Hall–Kier alpha value is -2.51. The predicted octanol–water partition coefficient (Wildman–Crippen LogP) is 3.56. The van der Waals surface area contributed by atoms with Crippen molar-refractivity contribution in [3.8, 4) is 17.4 Å². The molecule has 0 atom stereocenters. The van der Waals surface area contributed by atoms with E-state index in [9.17, 15) is 4.79 Å². The first-order chi connectivity index (χ1) is 13.1. The number of benzene rings is 1. The number of aromatic nitrogens is 1.